The molecule has 2 unspecified atom stereocenters. The summed E-state index contributed by atoms with van der Waals surface area (Å²) in [4.78, 5) is 0. The molecule has 0 spiro atoms. The molecule has 0 heterocycles. The minimum Gasteiger partial charge on any atom is -0.327 e. The fourth-order valence-corrected chi connectivity index (χ4v) is 2.88. The third kappa shape index (κ3) is 2.28. The molecule has 1 fully saturated rings. The van der Waals surface area contributed by atoms with E-state index >= 15 is 0 Å². The first-order chi connectivity index (χ1) is 6.77. The van der Waals surface area contributed by atoms with E-state index in [4.69, 9.17) is 5.73 Å². The van der Waals surface area contributed by atoms with Crippen LogP contribution in [0.25, 0.3) is 0 Å². The predicted molar refractivity (Wildman–Crippen MR) is 68.3 cm³/mol. The number of benzene rings is 1. The Balaban J connectivity index is 2.20. The summed E-state index contributed by atoms with van der Waals surface area (Å²) in [7, 11) is 0. The highest BCUT2D eigenvalue weighted by molar-refractivity contribution is 14.1. The van der Waals surface area contributed by atoms with Crippen molar-refractivity contribution < 1.29 is 0 Å². The lowest BCUT2D eigenvalue weighted by atomic mass is 9.80. The van der Waals surface area contributed by atoms with Gasteiger partial charge >= 0.3 is 0 Å². The molecule has 1 saturated carbocycles. The van der Waals surface area contributed by atoms with Crippen molar-refractivity contribution in [2.75, 3.05) is 0 Å². The van der Waals surface area contributed by atoms with Crippen LogP contribution in [0.15, 0.2) is 24.3 Å². The zero-order valence-electron chi connectivity index (χ0n) is 8.25. The Bertz CT molecular complexity index is 311. The molecule has 14 heavy (non-hydrogen) atoms. The van der Waals surface area contributed by atoms with Crippen LogP contribution in [0.4, 0.5) is 0 Å². The molecule has 2 heteroatoms. The van der Waals surface area contributed by atoms with Crippen molar-refractivity contribution >= 4 is 22.6 Å². The summed E-state index contributed by atoms with van der Waals surface area (Å²) in [5, 5.41) is 0. The fraction of sp³-hybridized carbons (Fsp3) is 0.500. The highest BCUT2D eigenvalue weighted by atomic mass is 127. The SMILES string of the molecule is NC1CCCCC1c1cccc(I)c1. The second-order valence-electron chi connectivity index (χ2n) is 4.11. The molecule has 0 amide bonds. The molecule has 76 valence electrons. The first-order valence-electron chi connectivity index (χ1n) is 5.28. The van der Waals surface area contributed by atoms with Gasteiger partial charge in [0, 0.05) is 9.61 Å². The number of hydrogen-bond acceptors (Lipinski definition) is 1. The van der Waals surface area contributed by atoms with E-state index in [9.17, 15) is 0 Å². The summed E-state index contributed by atoms with van der Waals surface area (Å²) in [6.07, 6.45) is 5.10. The molecule has 1 nitrogen and oxygen atoms in total. The van der Waals surface area contributed by atoms with Gasteiger partial charge in [0.2, 0.25) is 0 Å². The van der Waals surface area contributed by atoms with Crippen molar-refractivity contribution in [2.45, 2.75) is 37.6 Å². The van der Waals surface area contributed by atoms with Gasteiger partial charge in [-0.15, -0.1) is 0 Å². The first kappa shape index (κ1) is 10.4. The zero-order valence-corrected chi connectivity index (χ0v) is 10.4. The zero-order chi connectivity index (χ0) is 9.97. The quantitative estimate of drug-likeness (QED) is 0.792. The van der Waals surface area contributed by atoms with E-state index < -0.39 is 0 Å². The van der Waals surface area contributed by atoms with E-state index in [0.717, 1.165) is 0 Å². The highest BCUT2D eigenvalue weighted by Gasteiger charge is 2.22. The lowest BCUT2D eigenvalue weighted by molar-refractivity contribution is 0.385. The molecule has 2 rings (SSSR count). The van der Waals surface area contributed by atoms with Gasteiger partial charge in [0.05, 0.1) is 0 Å². The molecule has 2 atom stereocenters. The maximum Gasteiger partial charge on any atom is 0.0133 e. The topological polar surface area (TPSA) is 26.0 Å². The summed E-state index contributed by atoms with van der Waals surface area (Å²) < 4.78 is 1.32. The predicted octanol–water partition coefficient (Wildman–Crippen LogP) is 3.28. The number of nitrogens with two attached hydrogens (primary N) is 1. The van der Waals surface area contributed by atoms with E-state index in [2.05, 4.69) is 46.9 Å². The van der Waals surface area contributed by atoms with E-state index in [1.54, 1.807) is 0 Å². The Hall–Kier alpha value is -0.0900. The molecule has 1 aromatic carbocycles. The Morgan fingerprint density at radius 2 is 2.00 bits per heavy atom. The van der Waals surface area contributed by atoms with Crippen molar-refractivity contribution in [1.82, 2.24) is 0 Å². The average Bonchev–Trinajstić information content (AvgIpc) is 2.18. The third-order valence-electron chi connectivity index (χ3n) is 3.10. The summed E-state index contributed by atoms with van der Waals surface area (Å²) in [6, 6.07) is 9.15. The largest absolute Gasteiger partial charge is 0.327 e. The molecule has 2 N–H and O–H groups in total. The summed E-state index contributed by atoms with van der Waals surface area (Å²) in [5.74, 6) is 0.596. The first-order valence-corrected chi connectivity index (χ1v) is 6.36. The van der Waals surface area contributed by atoms with Gasteiger partial charge in [0.1, 0.15) is 0 Å². The smallest absolute Gasteiger partial charge is 0.0133 e. The van der Waals surface area contributed by atoms with Crippen LogP contribution in [0.2, 0.25) is 0 Å². The molecule has 1 aliphatic rings. The molecule has 0 radical (unpaired) electrons. The standard InChI is InChI=1S/C12H16IN/c13-10-5-3-4-9(8-10)11-6-1-2-7-12(11)14/h3-5,8,11-12H,1-2,6-7,14H2. The Kier molecular flexibility index (Phi) is 3.44. The van der Waals surface area contributed by atoms with Crippen LogP contribution in [0, 0.1) is 3.57 Å². The summed E-state index contributed by atoms with van der Waals surface area (Å²) in [6.45, 7) is 0. The number of halogens is 1. The van der Waals surface area contributed by atoms with E-state index in [1.807, 2.05) is 0 Å². The van der Waals surface area contributed by atoms with Crippen molar-refractivity contribution in [3.8, 4) is 0 Å². The van der Waals surface area contributed by atoms with Gasteiger partial charge in [-0.2, -0.15) is 0 Å². The second-order valence-corrected chi connectivity index (χ2v) is 5.36. The van der Waals surface area contributed by atoms with Crippen LogP contribution < -0.4 is 5.73 Å². The maximum absolute atomic E-state index is 6.16. The minimum atomic E-state index is 0.377. The molecule has 0 bridgehead atoms. The van der Waals surface area contributed by atoms with E-state index in [-0.39, 0.29) is 0 Å². The van der Waals surface area contributed by atoms with E-state index in [1.165, 1.54) is 34.8 Å². The minimum absolute atomic E-state index is 0.377. The van der Waals surface area contributed by atoms with Gasteiger partial charge < -0.3 is 5.73 Å². The van der Waals surface area contributed by atoms with Crippen LogP contribution in [-0.4, -0.2) is 6.04 Å². The highest BCUT2D eigenvalue weighted by Crippen LogP contribution is 2.32. The summed E-state index contributed by atoms with van der Waals surface area (Å²) in [5.41, 5.74) is 7.59. The van der Waals surface area contributed by atoms with Gasteiger partial charge in [0.15, 0.2) is 0 Å². The third-order valence-corrected chi connectivity index (χ3v) is 3.77. The van der Waals surface area contributed by atoms with Crippen LogP contribution in [-0.2, 0) is 0 Å². The lowest BCUT2D eigenvalue weighted by Gasteiger charge is -2.29. The van der Waals surface area contributed by atoms with Crippen molar-refractivity contribution in [3.63, 3.8) is 0 Å². The van der Waals surface area contributed by atoms with Gasteiger partial charge in [-0.25, -0.2) is 0 Å². The molecular formula is C12H16IN. The van der Waals surface area contributed by atoms with Gasteiger partial charge in [-0.3, -0.25) is 0 Å². The van der Waals surface area contributed by atoms with Crippen LogP contribution in [0.3, 0.4) is 0 Å². The fourth-order valence-electron chi connectivity index (χ4n) is 2.31. The molecule has 0 aromatic heterocycles. The Labute approximate surface area is 99.2 Å². The van der Waals surface area contributed by atoms with Crippen molar-refractivity contribution in [2.24, 2.45) is 5.73 Å². The van der Waals surface area contributed by atoms with Crippen LogP contribution >= 0.6 is 22.6 Å². The molecule has 1 aromatic rings. The summed E-state index contributed by atoms with van der Waals surface area (Å²) >= 11 is 2.37. The molecule has 0 aliphatic heterocycles. The number of hydrogen-bond donors (Lipinski definition) is 1. The molecule has 0 saturated heterocycles. The lowest BCUT2D eigenvalue weighted by Crippen LogP contribution is -2.31. The van der Waals surface area contributed by atoms with Gasteiger partial charge in [-0.1, -0.05) is 25.0 Å². The monoisotopic (exact) mass is 301 g/mol. The van der Waals surface area contributed by atoms with E-state index in [0.29, 0.717) is 12.0 Å². The van der Waals surface area contributed by atoms with Gasteiger partial charge in [0.25, 0.3) is 0 Å². The van der Waals surface area contributed by atoms with Crippen LogP contribution in [0.5, 0.6) is 0 Å². The average molecular weight is 301 g/mol. The van der Waals surface area contributed by atoms with Crippen molar-refractivity contribution in [3.05, 3.63) is 33.4 Å². The number of rotatable bonds is 1. The Morgan fingerprint density at radius 3 is 2.71 bits per heavy atom. The second kappa shape index (κ2) is 4.62. The van der Waals surface area contributed by atoms with Gasteiger partial charge in [-0.05, 0) is 59.0 Å². The molecule has 1 aliphatic carbocycles. The van der Waals surface area contributed by atoms with Crippen molar-refractivity contribution in [1.29, 1.82) is 0 Å². The maximum atomic E-state index is 6.16. The Morgan fingerprint density at radius 1 is 1.21 bits per heavy atom. The normalized spacial score (nSPS) is 27.6. The molecular weight excluding hydrogens is 285 g/mol. The van der Waals surface area contributed by atoms with Crippen LogP contribution in [0.1, 0.15) is 37.2 Å².